The molecule has 0 aliphatic carbocycles. The van der Waals surface area contributed by atoms with Gasteiger partial charge >= 0.3 is 5.91 Å². The molecule has 7 heteroatoms. The fourth-order valence-corrected chi connectivity index (χ4v) is 2.58. The Balaban J connectivity index is 1.59. The average Bonchev–Trinajstić information content (AvgIpc) is 3.16. The summed E-state index contributed by atoms with van der Waals surface area (Å²) in [6.45, 7) is 0.311. The molecule has 5 nitrogen and oxygen atoms in total. The summed E-state index contributed by atoms with van der Waals surface area (Å²) in [6.07, 6.45) is 2.94. The lowest BCUT2D eigenvalue weighted by Crippen LogP contribution is -2.16. The Bertz CT molecular complexity index is 924. The number of furan rings is 1. The van der Waals surface area contributed by atoms with Crippen molar-refractivity contribution in [1.29, 1.82) is 0 Å². The van der Waals surface area contributed by atoms with Gasteiger partial charge in [-0.15, -0.1) is 0 Å². The molecular weight excluding hydrogens is 375 g/mol. The Labute approximate surface area is 160 Å². The van der Waals surface area contributed by atoms with Gasteiger partial charge in [-0.25, -0.2) is 5.43 Å². The van der Waals surface area contributed by atoms with E-state index in [0.717, 1.165) is 11.1 Å². The smallest absolute Gasteiger partial charge is 0.307 e. The minimum atomic E-state index is -0.420. The van der Waals surface area contributed by atoms with E-state index in [9.17, 15) is 4.79 Å². The van der Waals surface area contributed by atoms with E-state index in [0.29, 0.717) is 22.4 Å². The molecule has 0 saturated carbocycles. The van der Waals surface area contributed by atoms with Crippen molar-refractivity contribution in [2.75, 3.05) is 0 Å². The number of nitrogens with zero attached hydrogens (tertiary/aromatic N) is 1. The lowest BCUT2D eigenvalue weighted by Gasteiger charge is -2.08. The largest absolute Gasteiger partial charge is 0.489 e. The molecule has 0 aliphatic rings. The highest BCUT2D eigenvalue weighted by Gasteiger charge is 2.06. The molecule has 0 unspecified atom stereocenters. The van der Waals surface area contributed by atoms with E-state index in [-0.39, 0.29) is 5.76 Å². The number of rotatable bonds is 6. The highest BCUT2D eigenvalue weighted by Crippen LogP contribution is 2.23. The second-order valence-corrected chi connectivity index (χ2v) is 6.12. The van der Waals surface area contributed by atoms with Gasteiger partial charge in [0.05, 0.1) is 12.5 Å². The topological polar surface area (TPSA) is 63.8 Å². The first-order chi connectivity index (χ1) is 12.6. The Morgan fingerprint density at radius 1 is 1.15 bits per heavy atom. The molecule has 1 heterocycles. The monoisotopic (exact) mass is 388 g/mol. The predicted molar refractivity (Wildman–Crippen MR) is 101 cm³/mol. The summed E-state index contributed by atoms with van der Waals surface area (Å²) >= 11 is 12.0. The van der Waals surface area contributed by atoms with Gasteiger partial charge in [0.15, 0.2) is 5.76 Å². The third kappa shape index (κ3) is 4.88. The summed E-state index contributed by atoms with van der Waals surface area (Å²) in [5.74, 6) is 0.424. The van der Waals surface area contributed by atoms with Crippen molar-refractivity contribution in [3.8, 4) is 5.75 Å². The number of nitrogens with one attached hydrogen (secondary N) is 1. The van der Waals surface area contributed by atoms with Gasteiger partial charge < -0.3 is 9.15 Å². The fraction of sp³-hybridized carbons (Fsp3) is 0.0526. The molecule has 2 aromatic carbocycles. The van der Waals surface area contributed by atoms with Gasteiger partial charge in [-0.05, 0) is 42.0 Å². The highest BCUT2D eigenvalue weighted by atomic mass is 35.5. The van der Waals surface area contributed by atoms with Crippen LogP contribution >= 0.6 is 23.2 Å². The summed E-state index contributed by atoms with van der Waals surface area (Å²) in [4.78, 5) is 11.7. The van der Waals surface area contributed by atoms with Crippen LogP contribution in [-0.4, -0.2) is 12.1 Å². The van der Waals surface area contributed by atoms with Crippen molar-refractivity contribution in [2.45, 2.75) is 6.61 Å². The second-order valence-electron chi connectivity index (χ2n) is 5.27. The lowest BCUT2D eigenvalue weighted by atomic mass is 10.2. The Hall–Kier alpha value is -2.76. The molecule has 132 valence electrons. The first-order valence-corrected chi connectivity index (χ1v) is 8.41. The second kappa shape index (κ2) is 8.56. The minimum absolute atomic E-state index is 0.194. The van der Waals surface area contributed by atoms with Crippen LogP contribution in [0.3, 0.4) is 0 Å². The molecule has 0 fully saturated rings. The van der Waals surface area contributed by atoms with Crippen LogP contribution in [0.2, 0.25) is 10.0 Å². The predicted octanol–water partition coefficient (Wildman–Crippen LogP) is 4.93. The van der Waals surface area contributed by atoms with Crippen molar-refractivity contribution in [3.63, 3.8) is 0 Å². The zero-order valence-corrected chi connectivity index (χ0v) is 15.0. The number of amides is 1. The maximum Gasteiger partial charge on any atom is 0.307 e. The molecular formula is C19H14Cl2N2O3. The summed E-state index contributed by atoms with van der Waals surface area (Å²) in [5, 5.41) is 5.03. The summed E-state index contributed by atoms with van der Waals surface area (Å²) in [7, 11) is 0. The number of hydrogen-bond acceptors (Lipinski definition) is 4. The molecule has 0 spiro atoms. The number of hydrogen-bond donors (Lipinski definition) is 1. The molecule has 1 N–H and O–H groups in total. The molecule has 3 rings (SSSR count). The van der Waals surface area contributed by atoms with Crippen molar-refractivity contribution in [3.05, 3.63) is 87.8 Å². The van der Waals surface area contributed by atoms with E-state index in [1.807, 2.05) is 24.3 Å². The number of hydrazone groups is 1. The van der Waals surface area contributed by atoms with Crippen molar-refractivity contribution in [1.82, 2.24) is 5.43 Å². The van der Waals surface area contributed by atoms with Gasteiger partial charge in [0.1, 0.15) is 12.4 Å². The first kappa shape index (κ1) is 18.0. The van der Waals surface area contributed by atoms with Gasteiger partial charge in [-0.3, -0.25) is 4.79 Å². The quantitative estimate of drug-likeness (QED) is 0.480. The Kier molecular flexibility index (Phi) is 5.94. The summed E-state index contributed by atoms with van der Waals surface area (Å²) in [5.41, 5.74) is 3.99. The van der Waals surface area contributed by atoms with Crippen LogP contribution in [0.4, 0.5) is 0 Å². The number of benzene rings is 2. The van der Waals surface area contributed by atoms with E-state index in [2.05, 4.69) is 10.5 Å². The molecule has 0 aliphatic heterocycles. The van der Waals surface area contributed by atoms with Gasteiger partial charge in [0, 0.05) is 15.6 Å². The van der Waals surface area contributed by atoms with E-state index in [1.54, 1.807) is 30.3 Å². The van der Waals surface area contributed by atoms with Gasteiger partial charge in [0.25, 0.3) is 0 Å². The molecule has 1 aromatic heterocycles. The van der Waals surface area contributed by atoms with Crippen molar-refractivity contribution < 1.29 is 13.9 Å². The highest BCUT2D eigenvalue weighted by molar-refractivity contribution is 6.35. The molecule has 26 heavy (non-hydrogen) atoms. The molecule has 0 radical (unpaired) electrons. The lowest BCUT2D eigenvalue weighted by molar-refractivity contribution is 0.0927. The Morgan fingerprint density at radius 3 is 2.81 bits per heavy atom. The van der Waals surface area contributed by atoms with E-state index in [4.69, 9.17) is 32.4 Å². The van der Waals surface area contributed by atoms with Crippen LogP contribution in [-0.2, 0) is 6.61 Å². The summed E-state index contributed by atoms with van der Waals surface area (Å²) < 4.78 is 10.7. The average molecular weight is 389 g/mol. The van der Waals surface area contributed by atoms with Gasteiger partial charge in [0.2, 0.25) is 0 Å². The third-order valence-electron chi connectivity index (χ3n) is 3.39. The number of carbonyl (C=O) groups excluding carboxylic acids is 1. The SMILES string of the molecule is O=C(N/N=C\c1cccc(OCc2ccc(Cl)cc2Cl)c1)c1ccco1. The Morgan fingerprint density at radius 2 is 2.04 bits per heavy atom. The molecule has 0 atom stereocenters. The molecule has 0 saturated heterocycles. The maximum absolute atomic E-state index is 11.7. The normalized spacial score (nSPS) is 10.8. The van der Waals surface area contributed by atoms with Crippen molar-refractivity contribution >= 4 is 35.3 Å². The molecule has 0 bridgehead atoms. The van der Waals surface area contributed by atoms with E-state index >= 15 is 0 Å². The van der Waals surface area contributed by atoms with Crippen molar-refractivity contribution in [2.24, 2.45) is 5.10 Å². The van der Waals surface area contributed by atoms with Gasteiger partial charge in [-0.2, -0.15) is 5.10 Å². The van der Waals surface area contributed by atoms with Crippen LogP contribution < -0.4 is 10.2 Å². The number of carbonyl (C=O) groups is 1. The minimum Gasteiger partial charge on any atom is -0.489 e. The number of halogens is 2. The van der Waals surface area contributed by atoms with Crippen LogP contribution in [0.1, 0.15) is 21.7 Å². The van der Waals surface area contributed by atoms with Crippen LogP contribution in [0.5, 0.6) is 5.75 Å². The van der Waals surface area contributed by atoms with E-state index in [1.165, 1.54) is 12.5 Å². The van der Waals surface area contributed by atoms with Crippen LogP contribution in [0.15, 0.2) is 70.4 Å². The fourth-order valence-electron chi connectivity index (χ4n) is 2.11. The maximum atomic E-state index is 11.7. The molecule has 1 amide bonds. The summed E-state index contributed by atoms with van der Waals surface area (Å²) in [6, 6.07) is 15.7. The number of ether oxygens (including phenoxy) is 1. The third-order valence-corrected chi connectivity index (χ3v) is 3.98. The standard InChI is InChI=1S/C19H14Cl2N2O3/c20-15-7-6-14(17(21)10-15)12-26-16-4-1-3-13(9-16)11-22-23-19(24)18-5-2-8-25-18/h1-11H,12H2,(H,23,24)/b22-11-. The van der Waals surface area contributed by atoms with Crippen LogP contribution in [0.25, 0.3) is 0 Å². The molecule has 3 aromatic rings. The van der Waals surface area contributed by atoms with Crippen LogP contribution in [0, 0.1) is 0 Å². The first-order valence-electron chi connectivity index (χ1n) is 7.65. The van der Waals surface area contributed by atoms with Gasteiger partial charge in [-0.1, -0.05) is 41.4 Å². The zero-order chi connectivity index (χ0) is 18.4. The van der Waals surface area contributed by atoms with E-state index < -0.39 is 5.91 Å². The zero-order valence-electron chi connectivity index (χ0n) is 13.5.